The molecule has 0 aromatic heterocycles. The molecule has 1 rings (SSSR count). The third kappa shape index (κ3) is 4.12. The number of hydrogen-bond donors (Lipinski definition) is 0. The second-order valence-electron chi connectivity index (χ2n) is 8.33. The molecule has 0 aromatic carbocycles. The van der Waals surface area contributed by atoms with Gasteiger partial charge < -0.3 is 0 Å². The summed E-state index contributed by atoms with van der Waals surface area (Å²) in [4.78, 5) is 0. The van der Waals surface area contributed by atoms with Gasteiger partial charge in [0.05, 0.1) is 0 Å². The van der Waals surface area contributed by atoms with Crippen LogP contribution in [-0.4, -0.2) is 0 Å². The molecule has 0 spiro atoms. The molecule has 1 heteroatoms. The zero-order valence-electron chi connectivity index (χ0n) is 13.5. The van der Waals surface area contributed by atoms with Gasteiger partial charge in [-0.25, -0.2) is 5.57 Å². The van der Waals surface area contributed by atoms with Crippen LogP contribution >= 0.6 is 0 Å². The molecule has 0 aliphatic heterocycles. The molecule has 0 unspecified atom stereocenters. The topological polar surface area (TPSA) is 0 Å². The third-order valence-corrected chi connectivity index (χ3v) is 3.40. The van der Waals surface area contributed by atoms with E-state index in [0.29, 0.717) is 0 Å². The monoisotopic (exact) mass is 397 g/mol. The van der Waals surface area contributed by atoms with E-state index in [1.165, 1.54) is 5.57 Å². The zero-order valence-corrected chi connectivity index (χ0v) is 15.6. The molecule has 0 fully saturated rings. The van der Waals surface area contributed by atoms with Gasteiger partial charge in [0.15, 0.2) is 0 Å². The summed E-state index contributed by atoms with van der Waals surface area (Å²) in [6.07, 6.45) is 4.67. The van der Waals surface area contributed by atoms with E-state index in [0.717, 1.165) is 6.42 Å². The first-order valence-electron chi connectivity index (χ1n) is 6.71. The van der Waals surface area contributed by atoms with Gasteiger partial charge in [0, 0.05) is 38.2 Å². The summed E-state index contributed by atoms with van der Waals surface area (Å²) < 4.78 is 0. The van der Waals surface area contributed by atoms with Crippen molar-refractivity contribution in [2.45, 2.75) is 68.7 Å². The molecule has 0 amide bonds. The van der Waals surface area contributed by atoms with Crippen molar-refractivity contribution in [1.29, 1.82) is 0 Å². The SMILES string of the molecule is CC(C)(C)C1=[C-]CC(C(C)(C)C)=C1C(C)(C)C.[Dy]. The van der Waals surface area contributed by atoms with E-state index in [4.69, 9.17) is 0 Å². The van der Waals surface area contributed by atoms with Gasteiger partial charge in [-0.1, -0.05) is 67.7 Å². The molecule has 18 heavy (non-hydrogen) atoms. The molecule has 108 valence electrons. The van der Waals surface area contributed by atoms with E-state index in [1.54, 1.807) is 11.1 Å². The van der Waals surface area contributed by atoms with E-state index in [-0.39, 0.29) is 54.4 Å². The molecule has 0 atom stereocenters. The first kappa shape index (κ1) is 18.8. The first-order chi connectivity index (χ1) is 7.35. The molecular weight excluding hydrogens is 367 g/mol. The van der Waals surface area contributed by atoms with Gasteiger partial charge in [-0.3, -0.25) is 6.08 Å². The number of hydrogen-bond acceptors (Lipinski definition) is 0. The van der Waals surface area contributed by atoms with Gasteiger partial charge in [-0.05, 0) is 10.8 Å². The summed E-state index contributed by atoms with van der Waals surface area (Å²) in [5.41, 5.74) is 5.25. The average molecular weight is 396 g/mol. The molecule has 0 bridgehead atoms. The van der Waals surface area contributed by atoms with Crippen LogP contribution in [0, 0.1) is 60.5 Å². The van der Waals surface area contributed by atoms with Gasteiger partial charge in [0.1, 0.15) is 0 Å². The summed E-state index contributed by atoms with van der Waals surface area (Å²) in [6.45, 7) is 20.8. The van der Waals surface area contributed by atoms with Crippen molar-refractivity contribution in [3.63, 3.8) is 0 Å². The predicted octanol–water partition coefficient (Wildman–Crippen LogP) is 5.55. The Morgan fingerprint density at radius 1 is 0.722 bits per heavy atom. The molecule has 0 saturated heterocycles. The Balaban J connectivity index is 0.00000289. The Bertz CT molecular complexity index is 362. The van der Waals surface area contributed by atoms with Gasteiger partial charge in [0.2, 0.25) is 0 Å². The first-order valence-corrected chi connectivity index (χ1v) is 6.71. The molecule has 1 aliphatic carbocycles. The summed E-state index contributed by atoms with van der Waals surface area (Å²) in [5, 5.41) is 0. The maximum atomic E-state index is 3.65. The van der Waals surface area contributed by atoms with Crippen LogP contribution in [0.2, 0.25) is 0 Å². The van der Waals surface area contributed by atoms with Crippen LogP contribution in [0.4, 0.5) is 0 Å². The second-order valence-corrected chi connectivity index (χ2v) is 8.33. The summed E-state index contributed by atoms with van der Waals surface area (Å²) in [6, 6.07) is 0. The minimum atomic E-state index is 0. The Morgan fingerprint density at radius 3 is 1.44 bits per heavy atom. The molecule has 1 aliphatic rings. The van der Waals surface area contributed by atoms with Crippen LogP contribution in [0.1, 0.15) is 68.7 Å². The molecule has 0 heterocycles. The van der Waals surface area contributed by atoms with Crippen LogP contribution in [0.25, 0.3) is 0 Å². The van der Waals surface area contributed by atoms with E-state index in [2.05, 4.69) is 68.4 Å². The minimum Gasteiger partial charge on any atom is -0.268 e. The Morgan fingerprint density at radius 2 is 1.17 bits per heavy atom. The van der Waals surface area contributed by atoms with Crippen molar-refractivity contribution in [3.05, 3.63) is 22.8 Å². The van der Waals surface area contributed by atoms with Gasteiger partial charge >= 0.3 is 0 Å². The van der Waals surface area contributed by atoms with Gasteiger partial charge in [-0.15, -0.1) is 6.42 Å². The number of allylic oxidation sites excluding steroid dienone is 4. The van der Waals surface area contributed by atoms with Crippen LogP contribution in [0.5, 0.6) is 0 Å². The molecule has 0 N–H and O–H groups in total. The molecule has 0 aromatic rings. The molecule has 0 nitrogen and oxygen atoms in total. The maximum absolute atomic E-state index is 3.65. The van der Waals surface area contributed by atoms with Crippen molar-refractivity contribution >= 4 is 0 Å². The van der Waals surface area contributed by atoms with Gasteiger partial charge in [0.25, 0.3) is 0 Å². The van der Waals surface area contributed by atoms with Crippen molar-refractivity contribution in [2.75, 3.05) is 0 Å². The van der Waals surface area contributed by atoms with Crippen molar-refractivity contribution < 1.29 is 38.2 Å². The Hall–Kier alpha value is 0.753. The fourth-order valence-corrected chi connectivity index (χ4v) is 2.61. The maximum Gasteiger partial charge on any atom is 0 e. The predicted molar refractivity (Wildman–Crippen MR) is 76.8 cm³/mol. The fraction of sp³-hybridized carbons (Fsp3) is 0.765. The standard InChI is InChI=1S/C17H29.Dy/c1-15(2,3)12-10-11-13(16(4,5)6)14(12)17(7,8)9;/h10H2,1-9H3;/q-1;. The van der Waals surface area contributed by atoms with Crippen molar-refractivity contribution in [1.82, 2.24) is 0 Å². The summed E-state index contributed by atoms with van der Waals surface area (Å²) in [7, 11) is 0. The van der Waals surface area contributed by atoms with Crippen LogP contribution in [0.3, 0.4) is 0 Å². The summed E-state index contributed by atoms with van der Waals surface area (Å²) >= 11 is 0. The second kappa shape index (κ2) is 5.63. The quantitative estimate of drug-likeness (QED) is 0.471. The van der Waals surface area contributed by atoms with Crippen molar-refractivity contribution in [2.24, 2.45) is 16.2 Å². The van der Waals surface area contributed by atoms with Crippen molar-refractivity contribution in [3.8, 4) is 0 Å². The third-order valence-electron chi connectivity index (χ3n) is 3.40. The summed E-state index contributed by atoms with van der Waals surface area (Å²) in [5.74, 6) is 0. The van der Waals surface area contributed by atoms with Gasteiger partial charge in [-0.2, -0.15) is 11.1 Å². The number of rotatable bonds is 0. The molecule has 0 saturated carbocycles. The zero-order chi connectivity index (χ0) is 13.6. The average Bonchev–Trinajstić information content (AvgIpc) is 2.42. The van der Waals surface area contributed by atoms with Crippen LogP contribution < -0.4 is 0 Å². The fourth-order valence-electron chi connectivity index (χ4n) is 2.61. The van der Waals surface area contributed by atoms with Crippen LogP contribution in [0.15, 0.2) is 16.7 Å². The van der Waals surface area contributed by atoms with E-state index >= 15 is 0 Å². The van der Waals surface area contributed by atoms with E-state index < -0.39 is 0 Å². The normalized spacial score (nSPS) is 17.7. The molecule has 0 radical (unpaired) electrons. The van der Waals surface area contributed by atoms with E-state index in [9.17, 15) is 0 Å². The molecular formula is C17H29Dy-. The van der Waals surface area contributed by atoms with E-state index in [1.807, 2.05) is 0 Å². The Labute approximate surface area is 145 Å². The minimum absolute atomic E-state index is 0. The largest absolute Gasteiger partial charge is 0.268 e. The van der Waals surface area contributed by atoms with Crippen LogP contribution in [-0.2, 0) is 0 Å². The Kier molecular flexibility index (Phi) is 5.86. The smallest absolute Gasteiger partial charge is 0 e.